The van der Waals surface area contributed by atoms with Gasteiger partial charge in [-0.05, 0) is 43.5 Å². The molecule has 0 saturated carbocycles. The maximum absolute atomic E-state index is 12.4. The van der Waals surface area contributed by atoms with Gasteiger partial charge in [0.15, 0.2) is 9.84 Å². The van der Waals surface area contributed by atoms with Crippen molar-refractivity contribution in [3.8, 4) is 0 Å². The Hall–Kier alpha value is -1.55. The summed E-state index contributed by atoms with van der Waals surface area (Å²) in [5.74, 6) is 1.39. The molecule has 0 aliphatic carbocycles. The zero-order valence-electron chi connectivity index (χ0n) is 12.1. The van der Waals surface area contributed by atoms with E-state index in [0.29, 0.717) is 10.7 Å². The summed E-state index contributed by atoms with van der Waals surface area (Å²) in [7, 11) is -3.35. The molecule has 0 aliphatic rings. The highest BCUT2D eigenvalue weighted by molar-refractivity contribution is 7.90. The minimum Gasteiger partial charge on any atom is -0.464 e. The van der Waals surface area contributed by atoms with Crippen LogP contribution in [0.4, 0.5) is 0 Å². The molecule has 0 saturated heterocycles. The van der Waals surface area contributed by atoms with Crippen molar-refractivity contribution in [1.29, 1.82) is 0 Å². The third-order valence-electron chi connectivity index (χ3n) is 3.55. The SMILES string of the molecule is CCCc1oc(CS(=O)(=O)c2ccccc2)c(C)c1C. The number of rotatable bonds is 5. The molecule has 3 nitrogen and oxygen atoms in total. The summed E-state index contributed by atoms with van der Waals surface area (Å²) in [6.07, 6.45) is 1.83. The molecule has 2 aromatic rings. The minimum absolute atomic E-state index is 0.0760. The fraction of sp³-hybridized carbons (Fsp3) is 0.375. The monoisotopic (exact) mass is 292 g/mol. The van der Waals surface area contributed by atoms with Gasteiger partial charge in [-0.1, -0.05) is 25.1 Å². The predicted octanol–water partition coefficient (Wildman–Crippen LogP) is 3.82. The summed E-state index contributed by atoms with van der Waals surface area (Å²) in [6.45, 7) is 5.99. The molecule has 0 amide bonds. The van der Waals surface area contributed by atoms with Crippen LogP contribution in [0.3, 0.4) is 0 Å². The van der Waals surface area contributed by atoms with Crippen molar-refractivity contribution in [2.45, 2.75) is 44.3 Å². The Morgan fingerprint density at radius 3 is 2.20 bits per heavy atom. The number of sulfone groups is 1. The highest BCUT2D eigenvalue weighted by atomic mass is 32.2. The molecule has 0 aliphatic heterocycles. The van der Waals surface area contributed by atoms with Crippen LogP contribution in [0.25, 0.3) is 0 Å². The largest absolute Gasteiger partial charge is 0.464 e. The van der Waals surface area contributed by atoms with Crippen LogP contribution >= 0.6 is 0 Å². The van der Waals surface area contributed by atoms with Gasteiger partial charge in [-0.3, -0.25) is 0 Å². The van der Waals surface area contributed by atoms with Crippen molar-refractivity contribution >= 4 is 9.84 Å². The number of hydrogen-bond donors (Lipinski definition) is 0. The van der Waals surface area contributed by atoms with E-state index in [1.165, 1.54) is 0 Å². The van der Waals surface area contributed by atoms with Crippen LogP contribution in [0.15, 0.2) is 39.6 Å². The molecule has 1 aromatic heterocycles. The van der Waals surface area contributed by atoms with Gasteiger partial charge < -0.3 is 4.42 Å². The number of aryl methyl sites for hydroxylation is 1. The first-order chi connectivity index (χ1) is 9.45. The molecule has 0 radical (unpaired) electrons. The zero-order valence-corrected chi connectivity index (χ0v) is 13.0. The second kappa shape index (κ2) is 5.83. The molecule has 1 heterocycles. The van der Waals surface area contributed by atoms with E-state index in [-0.39, 0.29) is 5.75 Å². The molecule has 0 N–H and O–H groups in total. The van der Waals surface area contributed by atoms with E-state index < -0.39 is 9.84 Å². The quantitative estimate of drug-likeness (QED) is 0.841. The van der Waals surface area contributed by atoms with Crippen molar-refractivity contribution < 1.29 is 12.8 Å². The molecule has 0 spiro atoms. The normalized spacial score (nSPS) is 11.8. The summed E-state index contributed by atoms with van der Waals surface area (Å²) >= 11 is 0. The van der Waals surface area contributed by atoms with Gasteiger partial charge >= 0.3 is 0 Å². The third kappa shape index (κ3) is 2.96. The second-order valence-corrected chi connectivity index (χ2v) is 7.01. The second-order valence-electron chi connectivity index (χ2n) is 5.02. The van der Waals surface area contributed by atoms with Crippen LogP contribution in [0, 0.1) is 13.8 Å². The van der Waals surface area contributed by atoms with Crippen LogP contribution in [-0.4, -0.2) is 8.42 Å². The summed E-state index contributed by atoms with van der Waals surface area (Å²) in [5.41, 5.74) is 2.03. The van der Waals surface area contributed by atoms with E-state index in [1.54, 1.807) is 30.3 Å². The fourth-order valence-corrected chi connectivity index (χ4v) is 3.57. The Bertz CT molecular complexity index is 682. The summed E-state index contributed by atoms with van der Waals surface area (Å²) < 4.78 is 30.5. The number of hydrogen-bond acceptors (Lipinski definition) is 3. The van der Waals surface area contributed by atoms with E-state index in [2.05, 4.69) is 6.92 Å². The van der Waals surface area contributed by atoms with Gasteiger partial charge in [-0.25, -0.2) is 8.42 Å². The average Bonchev–Trinajstić information content (AvgIpc) is 2.68. The van der Waals surface area contributed by atoms with Crippen LogP contribution in [-0.2, 0) is 22.0 Å². The van der Waals surface area contributed by atoms with Crippen LogP contribution in [0.1, 0.15) is 36.0 Å². The predicted molar refractivity (Wildman–Crippen MR) is 79.5 cm³/mol. The molecule has 4 heteroatoms. The molecule has 108 valence electrons. The third-order valence-corrected chi connectivity index (χ3v) is 5.18. The van der Waals surface area contributed by atoms with Gasteiger partial charge in [0.05, 0.1) is 4.90 Å². The Morgan fingerprint density at radius 2 is 1.60 bits per heavy atom. The lowest BCUT2D eigenvalue weighted by Crippen LogP contribution is -2.05. The molecule has 2 rings (SSSR count). The lowest BCUT2D eigenvalue weighted by atomic mass is 10.1. The van der Waals surface area contributed by atoms with Crippen LogP contribution < -0.4 is 0 Å². The first kappa shape index (κ1) is 14.9. The van der Waals surface area contributed by atoms with Crippen molar-refractivity contribution in [2.24, 2.45) is 0 Å². The lowest BCUT2D eigenvalue weighted by molar-refractivity contribution is 0.469. The van der Waals surface area contributed by atoms with E-state index >= 15 is 0 Å². The standard InChI is InChI=1S/C16H20O3S/c1-4-8-15-12(2)13(3)16(19-15)11-20(17,18)14-9-6-5-7-10-14/h5-7,9-10H,4,8,11H2,1-3H3. The highest BCUT2D eigenvalue weighted by Gasteiger charge is 2.21. The van der Waals surface area contributed by atoms with E-state index in [1.807, 2.05) is 13.8 Å². The minimum atomic E-state index is -3.35. The lowest BCUT2D eigenvalue weighted by Gasteiger charge is -2.03. The zero-order chi connectivity index (χ0) is 14.8. The van der Waals surface area contributed by atoms with Crippen molar-refractivity contribution in [3.63, 3.8) is 0 Å². The first-order valence-electron chi connectivity index (χ1n) is 6.81. The van der Waals surface area contributed by atoms with Gasteiger partial charge in [0, 0.05) is 6.42 Å². The molecular weight excluding hydrogens is 272 g/mol. The molecule has 0 bridgehead atoms. The molecule has 0 atom stereocenters. The highest BCUT2D eigenvalue weighted by Crippen LogP contribution is 2.26. The van der Waals surface area contributed by atoms with E-state index in [4.69, 9.17) is 4.42 Å². The summed E-state index contributed by atoms with van der Waals surface area (Å²) in [6, 6.07) is 8.51. The average molecular weight is 292 g/mol. The van der Waals surface area contributed by atoms with Gasteiger partial charge in [0.1, 0.15) is 17.3 Å². The van der Waals surface area contributed by atoms with Crippen molar-refractivity contribution in [3.05, 3.63) is 53.0 Å². The van der Waals surface area contributed by atoms with Crippen LogP contribution in [0.2, 0.25) is 0 Å². The van der Waals surface area contributed by atoms with E-state index in [9.17, 15) is 8.42 Å². The summed E-state index contributed by atoms with van der Waals surface area (Å²) in [4.78, 5) is 0.338. The maximum atomic E-state index is 12.4. The van der Waals surface area contributed by atoms with Gasteiger partial charge in [0.25, 0.3) is 0 Å². The van der Waals surface area contributed by atoms with Gasteiger partial charge in [0.2, 0.25) is 0 Å². The molecule has 20 heavy (non-hydrogen) atoms. The Labute approximate surface area is 120 Å². The molecular formula is C16H20O3S. The smallest absolute Gasteiger partial charge is 0.185 e. The van der Waals surface area contributed by atoms with Crippen molar-refractivity contribution in [2.75, 3.05) is 0 Å². The number of benzene rings is 1. The summed E-state index contributed by atoms with van der Waals surface area (Å²) in [5, 5.41) is 0. The Kier molecular flexibility index (Phi) is 4.33. The fourth-order valence-electron chi connectivity index (χ4n) is 2.21. The molecule has 1 aromatic carbocycles. The topological polar surface area (TPSA) is 47.3 Å². The Morgan fingerprint density at radius 1 is 1.00 bits per heavy atom. The van der Waals surface area contributed by atoms with Gasteiger partial charge in [-0.15, -0.1) is 0 Å². The van der Waals surface area contributed by atoms with E-state index in [0.717, 1.165) is 29.7 Å². The molecule has 0 fully saturated rings. The first-order valence-corrected chi connectivity index (χ1v) is 8.46. The van der Waals surface area contributed by atoms with Crippen LogP contribution in [0.5, 0.6) is 0 Å². The number of furan rings is 1. The molecule has 0 unspecified atom stereocenters. The van der Waals surface area contributed by atoms with Gasteiger partial charge in [-0.2, -0.15) is 0 Å². The Balaban J connectivity index is 2.33. The maximum Gasteiger partial charge on any atom is 0.185 e. The van der Waals surface area contributed by atoms with Crippen molar-refractivity contribution in [1.82, 2.24) is 0 Å².